The topological polar surface area (TPSA) is 273 Å². The van der Waals surface area contributed by atoms with E-state index in [4.69, 9.17) is 37.2 Å². The van der Waals surface area contributed by atoms with Crippen LogP contribution in [0, 0.1) is 24.2 Å². The lowest BCUT2D eigenvalue weighted by molar-refractivity contribution is 0.0522. The minimum Gasteiger partial charge on any atom is -0.477 e. The van der Waals surface area contributed by atoms with Gasteiger partial charge in [0.25, 0.3) is 0 Å². The zero-order valence-electron chi connectivity index (χ0n) is 44.8. The number of aliphatic imine (C=N–C) groups is 1. The number of benzene rings is 4. The second-order valence-electron chi connectivity index (χ2n) is 19.2. The lowest BCUT2D eigenvalue weighted by Gasteiger charge is -2.19. The van der Waals surface area contributed by atoms with Crippen LogP contribution < -0.4 is 21.7 Å². The van der Waals surface area contributed by atoms with E-state index in [9.17, 15) is 14.4 Å². The van der Waals surface area contributed by atoms with Gasteiger partial charge in [0.05, 0.1) is 42.5 Å². The molecule has 4 aromatic carbocycles. The number of nitrogens with two attached hydrogens (primary N) is 1. The number of nitrogens with one attached hydrogen (secondary N) is 4. The van der Waals surface area contributed by atoms with Gasteiger partial charge < -0.3 is 41.2 Å². The number of carbonyl (C=O) groups excluding carboxylic acids is 2. The molecule has 3 aliphatic heterocycles. The summed E-state index contributed by atoms with van der Waals surface area (Å²) in [6.07, 6.45) is 9.49. The third kappa shape index (κ3) is 18.9. The van der Waals surface area contributed by atoms with Gasteiger partial charge in [0.15, 0.2) is 5.78 Å². The Bertz CT molecular complexity index is 3640. The number of hydrogen-bond acceptors (Lipinski definition) is 17. The summed E-state index contributed by atoms with van der Waals surface area (Å²) in [6, 6.07) is 34.9. The van der Waals surface area contributed by atoms with Gasteiger partial charge in [-0.3, -0.25) is 9.79 Å². The smallest absolute Gasteiger partial charge is 0.435 e. The van der Waals surface area contributed by atoms with Crippen molar-refractivity contribution in [3.63, 3.8) is 0 Å². The monoisotopic (exact) mass is 1260 g/mol. The number of allylic oxidation sites excluding steroid dienone is 1. The quantitative estimate of drug-likeness (QED) is 0.0639. The molecule has 2 fully saturated rings. The van der Waals surface area contributed by atoms with Crippen LogP contribution in [0.5, 0.6) is 0 Å². The first-order chi connectivity index (χ1) is 38.8. The summed E-state index contributed by atoms with van der Waals surface area (Å²) in [6.45, 7) is 13.1. The first-order valence-corrected chi connectivity index (χ1v) is 28.1. The number of Topliss-reactive ketones (excluding diaryl/α,β-unsaturated/α-hetero) is 1. The van der Waals surface area contributed by atoms with E-state index in [2.05, 4.69) is 107 Å². The molecule has 23 heteroatoms. The number of fused-ring (bicyclic) bond motifs is 3. The maximum atomic E-state index is 12.2. The summed E-state index contributed by atoms with van der Waals surface area (Å²) in [7, 11) is 0. The SMILES string of the molecule is CC(=O)c1cc2ccc(Br)cc2[nH]1.CC(C)(C)OC(=O)n1ncc2cc(Nc3ccnc(Cl)n3)ccc21.Cc1nccc(Nc2ccc(C3=CCN=C3)cc2)n1.N#CC1CNC1.NC1CCOC1.O=C(O)c1cc2ccc(Br)cc2s1. The van der Waals surface area contributed by atoms with E-state index < -0.39 is 17.7 Å². The first-order valence-electron chi connectivity index (χ1n) is 25.3. The number of rotatable bonds is 7. The van der Waals surface area contributed by atoms with Crippen molar-refractivity contribution in [1.29, 1.82) is 5.26 Å². The summed E-state index contributed by atoms with van der Waals surface area (Å²) in [4.78, 5) is 57.8. The van der Waals surface area contributed by atoms with E-state index in [1.165, 1.54) is 27.2 Å². The highest BCUT2D eigenvalue weighted by atomic mass is 79.9. The van der Waals surface area contributed by atoms with E-state index in [0.29, 0.717) is 33.9 Å². The second-order valence-corrected chi connectivity index (χ2v) is 22.4. The van der Waals surface area contributed by atoms with Gasteiger partial charge in [-0.25, -0.2) is 29.5 Å². The van der Waals surface area contributed by atoms with Crippen LogP contribution in [0.4, 0.5) is 27.8 Å². The van der Waals surface area contributed by atoms with Gasteiger partial charge in [-0.1, -0.05) is 62.2 Å². The van der Waals surface area contributed by atoms with Crippen LogP contribution in [0.15, 0.2) is 142 Å². The number of H-pyrrole nitrogens is 1. The van der Waals surface area contributed by atoms with Gasteiger partial charge in [-0.2, -0.15) is 15.0 Å². The molecule has 9 aromatic rings. The molecule has 418 valence electrons. The fraction of sp³-hybridized carbons (Fsp3) is 0.241. The number of aromatic amines is 1. The number of carbonyl (C=O) groups is 3. The molecule has 1 unspecified atom stereocenters. The highest BCUT2D eigenvalue weighted by molar-refractivity contribution is 9.10. The van der Waals surface area contributed by atoms with Gasteiger partial charge >= 0.3 is 12.1 Å². The Morgan fingerprint density at radius 3 is 2.16 bits per heavy atom. The third-order valence-corrected chi connectivity index (χ3v) is 13.8. The highest BCUT2D eigenvalue weighted by Crippen LogP contribution is 2.29. The number of ether oxygens (including phenoxy) is 2. The van der Waals surface area contributed by atoms with Crippen molar-refractivity contribution in [1.82, 2.24) is 40.0 Å². The number of nitrogens with zero attached hydrogens (tertiary/aromatic N) is 8. The van der Waals surface area contributed by atoms with Crippen LogP contribution in [0.1, 0.15) is 65.7 Å². The molecule has 0 bridgehead atoms. The molecule has 0 aliphatic carbocycles. The lowest BCUT2D eigenvalue weighted by atomic mass is 10.1. The molecule has 2 saturated heterocycles. The highest BCUT2D eigenvalue weighted by Gasteiger charge is 2.20. The molecule has 0 spiro atoms. The summed E-state index contributed by atoms with van der Waals surface area (Å²) in [5, 5.41) is 33.3. The number of carboxylic acids is 1. The Balaban J connectivity index is 0.000000149. The normalized spacial score (nSPS) is 14.1. The largest absolute Gasteiger partial charge is 0.477 e. The van der Waals surface area contributed by atoms with Gasteiger partial charge in [-0.05, 0) is 141 Å². The van der Waals surface area contributed by atoms with Crippen molar-refractivity contribution in [2.24, 2.45) is 16.6 Å². The van der Waals surface area contributed by atoms with Gasteiger partial charge in [0, 0.05) is 92.6 Å². The fourth-order valence-corrected chi connectivity index (χ4v) is 9.37. The molecule has 0 saturated carbocycles. The molecule has 8 heterocycles. The number of carboxylic acid groups (broad SMARTS) is 1. The fourth-order valence-electron chi connectivity index (χ4n) is 7.41. The Kier molecular flexibility index (Phi) is 21.9. The number of anilines is 4. The number of aromatic carboxylic acids is 1. The maximum Gasteiger partial charge on any atom is 0.435 e. The second kappa shape index (κ2) is 29.1. The number of aryl methyl sites for hydroxylation is 1. The first kappa shape index (κ1) is 60.9. The van der Waals surface area contributed by atoms with Crippen LogP contribution in [0.3, 0.4) is 0 Å². The Labute approximate surface area is 493 Å². The summed E-state index contributed by atoms with van der Waals surface area (Å²) in [5.74, 6) is 1.65. The lowest BCUT2D eigenvalue weighted by Crippen LogP contribution is -2.40. The number of halogens is 3. The summed E-state index contributed by atoms with van der Waals surface area (Å²) in [5.41, 5.74) is 11.3. The minimum atomic E-state index is -0.864. The van der Waals surface area contributed by atoms with E-state index in [-0.39, 0.29) is 11.1 Å². The molecule has 7 N–H and O–H groups in total. The molecule has 3 aliphatic rings. The van der Waals surface area contributed by atoms with Gasteiger partial charge in [0.2, 0.25) is 5.28 Å². The zero-order chi connectivity index (χ0) is 58.1. The van der Waals surface area contributed by atoms with Crippen LogP contribution in [-0.2, 0) is 9.47 Å². The molecule has 12 rings (SSSR count). The number of hydrogen-bond donors (Lipinski definition) is 6. The Hall–Kier alpha value is -7.75. The van der Waals surface area contributed by atoms with Crippen molar-refractivity contribution in [3.05, 3.63) is 164 Å². The van der Waals surface area contributed by atoms with Crippen molar-refractivity contribution in [2.75, 3.05) is 43.5 Å². The molecule has 0 radical (unpaired) electrons. The molecule has 1 atom stereocenters. The molecule has 0 amide bonds. The van der Waals surface area contributed by atoms with Crippen molar-refractivity contribution < 1.29 is 29.0 Å². The van der Waals surface area contributed by atoms with E-state index in [1.807, 2.05) is 107 Å². The third-order valence-electron chi connectivity index (χ3n) is 11.5. The molecular formula is C58H58Br2ClN13O6S. The van der Waals surface area contributed by atoms with Crippen LogP contribution in [0.2, 0.25) is 5.28 Å². The van der Waals surface area contributed by atoms with Crippen molar-refractivity contribution in [3.8, 4) is 6.07 Å². The molecular weight excluding hydrogens is 1200 g/mol. The number of ketones is 1. The molecule has 5 aromatic heterocycles. The standard InChI is InChI=1S/C16H16ClN5O2.C15H14N4.C10H8BrNO.C9H5BrO2S.C4H6N2.C4H9NO/c1-16(2,3)24-15(23)22-12-5-4-11(8-10(12)9-19-22)20-13-6-7-18-14(17)21-13;1-11-17-9-7-15(18-11)19-14-4-2-12(3-5-14)13-6-8-16-10-13;1-6(13)9-4-7-2-3-8(11)5-10(7)12-9;10-6-2-1-5-3-8(9(11)12)13-7(5)4-6;5-1-4-2-6-3-4;5-4-1-2-6-3-4/h4-9H,1-3H3,(H,18,20,21);2-7,9-10H,8H2,1H3,(H,17,18,19);2-5,12H,1H3;1-4H,(H,11,12);4,6H,2-3H2;4H,1-3,5H2. The van der Waals surface area contributed by atoms with Crippen LogP contribution in [-0.4, -0.2) is 108 Å². The van der Waals surface area contributed by atoms with E-state index in [1.54, 1.807) is 43.7 Å². The number of aromatic nitrogens is 7. The Morgan fingerprint density at radius 2 is 1.58 bits per heavy atom. The van der Waals surface area contributed by atoms with Gasteiger partial charge in [0.1, 0.15) is 27.9 Å². The predicted molar refractivity (Wildman–Crippen MR) is 327 cm³/mol. The average Bonchev–Trinajstić information content (AvgIpc) is 4.29. The van der Waals surface area contributed by atoms with E-state index in [0.717, 1.165) is 97.6 Å². The van der Waals surface area contributed by atoms with Crippen LogP contribution >= 0.6 is 54.8 Å². The predicted octanol–water partition coefficient (Wildman–Crippen LogP) is 13.0. The zero-order valence-corrected chi connectivity index (χ0v) is 49.5. The summed E-state index contributed by atoms with van der Waals surface area (Å²) >= 11 is 13.8. The molecule has 81 heavy (non-hydrogen) atoms. The van der Waals surface area contributed by atoms with Crippen LogP contribution in [0.25, 0.3) is 37.5 Å². The van der Waals surface area contributed by atoms with E-state index >= 15 is 0 Å². The number of nitriles is 1. The average molecular weight is 1260 g/mol. The van der Waals surface area contributed by atoms with Gasteiger partial charge in [-0.15, -0.1) is 11.3 Å². The molecule has 19 nitrogen and oxygen atoms in total. The van der Waals surface area contributed by atoms with Crippen molar-refractivity contribution >= 4 is 139 Å². The summed E-state index contributed by atoms with van der Waals surface area (Å²) < 4.78 is 14.5. The number of thiophene rings is 1. The Morgan fingerprint density at radius 1 is 0.889 bits per heavy atom. The maximum absolute atomic E-state index is 12.2. The minimum absolute atomic E-state index is 0.0623. The van der Waals surface area contributed by atoms with Crippen molar-refractivity contribution in [2.45, 2.75) is 52.7 Å².